The normalized spacial score (nSPS) is 20.7. The first-order valence-corrected chi connectivity index (χ1v) is 5.55. The Balaban J connectivity index is 2.07. The molecular formula is C12H14ClNO. The number of rotatable bonds is 2. The van der Waals surface area contributed by atoms with Crippen molar-refractivity contribution >= 4 is 23.1 Å². The van der Waals surface area contributed by atoms with Gasteiger partial charge < -0.3 is 4.90 Å². The van der Waals surface area contributed by atoms with Gasteiger partial charge in [-0.2, -0.15) is 0 Å². The topological polar surface area (TPSA) is 20.3 Å². The van der Waals surface area contributed by atoms with Crippen LogP contribution in [0.15, 0.2) is 24.3 Å². The Bertz CT molecular complexity index is 360. The molecule has 1 atom stereocenters. The first-order chi connectivity index (χ1) is 7.16. The third kappa shape index (κ3) is 2.32. The zero-order chi connectivity index (χ0) is 10.8. The van der Waals surface area contributed by atoms with Gasteiger partial charge in [0.25, 0.3) is 0 Å². The molecule has 1 aliphatic heterocycles. The fraction of sp³-hybridized carbons (Fsp3) is 0.417. The van der Waals surface area contributed by atoms with Gasteiger partial charge in [-0.25, -0.2) is 0 Å². The molecule has 1 fully saturated rings. The Morgan fingerprint density at radius 3 is 2.60 bits per heavy atom. The monoisotopic (exact) mass is 223 g/mol. The fourth-order valence-corrected chi connectivity index (χ4v) is 2.10. The molecule has 0 amide bonds. The van der Waals surface area contributed by atoms with Gasteiger partial charge >= 0.3 is 0 Å². The molecule has 80 valence electrons. The summed E-state index contributed by atoms with van der Waals surface area (Å²) in [5.41, 5.74) is 1.16. The summed E-state index contributed by atoms with van der Waals surface area (Å²) in [6, 6.07) is 7.78. The second kappa shape index (κ2) is 4.23. The molecule has 15 heavy (non-hydrogen) atoms. The van der Waals surface area contributed by atoms with Gasteiger partial charge in [0, 0.05) is 29.7 Å². The molecular weight excluding hydrogens is 210 g/mol. The quantitative estimate of drug-likeness (QED) is 0.769. The van der Waals surface area contributed by atoms with Crippen LogP contribution in [0, 0.1) is 5.92 Å². The van der Waals surface area contributed by atoms with Crippen molar-refractivity contribution in [2.24, 2.45) is 5.92 Å². The third-order valence-electron chi connectivity index (χ3n) is 2.95. The highest BCUT2D eigenvalue weighted by Gasteiger charge is 2.25. The second-order valence-corrected chi connectivity index (χ2v) is 4.46. The molecule has 0 bridgehead atoms. The molecule has 0 aliphatic carbocycles. The molecule has 1 saturated heterocycles. The minimum absolute atomic E-state index is 0.209. The standard InChI is InChI=1S/C12H14ClNO/c1-9(15)10-6-7-14(8-10)12-4-2-11(13)3-5-12/h2-5,10H,6-8H2,1H3. The summed E-state index contributed by atoms with van der Waals surface area (Å²) in [5, 5.41) is 0.751. The van der Waals surface area contributed by atoms with Gasteiger partial charge in [0.05, 0.1) is 0 Å². The molecule has 3 heteroatoms. The van der Waals surface area contributed by atoms with E-state index in [0.29, 0.717) is 5.78 Å². The number of carbonyl (C=O) groups excluding carboxylic acids is 1. The van der Waals surface area contributed by atoms with E-state index in [9.17, 15) is 4.79 Å². The van der Waals surface area contributed by atoms with E-state index in [1.165, 1.54) is 0 Å². The Kier molecular flexibility index (Phi) is 2.96. The number of Topliss-reactive ketones (excluding diaryl/α,β-unsaturated/α-hetero) is 1. The van der Waals surface area contributed by atoms with Gasteiger partial charge in [0.2, 0.25) is 0 Å². The molecule has 0 aromatic heterocycles. The summed E-state index contributed by atoms with van der Waals surface area (Å²) in [4.78, 5) is 13.5. The van der Waals surface area contributed by atoms with Crippen molar-refractivity contribution in [2.75, 3.05) is 18.0 Å². The lowest BCUT2D eigenvalue weighted by molar-refractivity contribution is -0.120. The van der Waals surface area contributed by atoms with Crippen molar-refractivity contribution in [3.8, 4) is 0 Å². The number of hydrogen-bond donors (Lipinski definition) is 0. The Hall–Kier alpha value is -1.02. The molecule has 0 spiro atoms. The lowest BCUT2D eigenvalue weighted by Crippen LogP contribution is -2.21. The zero-order valence-corrected chi connectivity index (χ0v) is 9.50. The summed E-state index contributed by atoms with van der Waals surface area (Å²) in [7, 11) is 0. The van der Waals surface area contributed by atoms with Gasteiger partial charge in [-0.05, 0) is 37.6 Å². The molecule has 1 aromatic carbocycles. The van der Waals surface area contributed by atoms with E-state index in [2.05, 4.69) is 4.90 Å². The molecule has 1 aliphatic rings. The number of nitrogens with zero attached hydrogens (tertiary/aromatic N) is 1. The highest BCUT2D eigenvalue weighted by molar-refractivity contribution is 6.30. The number of benzene rings is 1. The molecule has 0 N–H and O–H groups in total. The maximum Gasteiger partial charge on any atom is 0.134 e. The van der Waals surface area contributed by atoms with Crippen LogP contribution < -0.4 is 4.90 Å². The van der Waals surface area contributed by atoms with Crippen molar-refractivity contribution in [1.29, 1.82) is 0 Å². The molecule has 2 nitrogen and oxygen atoms in total. The molecule has 2 rings (SSSR count). The SMILES string of the molecule is CC(=O)C1CCN(c2ccc(Cl)cc2)C1. The maximum atomic E-state index is 11.2. The van der Waals surface area contributed by atoms with Crippen LogP contribution in [0.1, 0.15) is 13.3 Å². The van der Waals surface area contributed by atoms with Crippen LogP contribution in [-0.4, -0.2) is 18.9 Å². The Morgan fingerprint density at radius 2 is 2.07 bits per heavy atom. The summed E-state index contributed by atoms with van der Waals surface area (Å²) in [6.45, 7) is 3.48. The maximum absolute atomic E-state index is 11.2. The van der Waals surface area contributed by atoms with E-state index >= 15 is 0 Å². The van der Waals surface area contributed by atoms with Crippen LogP contribution in [0.5, 0.6) is 0 Å². The Labute approximate surface area is 94.8 Å². The van der Waals surface area contributed by atoms with E-state index in [1.54, 1.807) is 6.92 Å². The van der Waals surface area contributed by atoms with Crippen LogP contribution in [-0.2, 0) is 4.79 Å². The first-order valence-electron chi connectivity index (χ1n) is 5.18. The largest absolute Gasteiger partial charge is 0.371 e. The van der Waals surface area contributed by atoms with E-state index in [0.717, 1.165) is 30.2 Å². The van der Waals surface area contributed by atoms with Crippen LogP contribution in [0.25, 0.3) is 0 Å². The minimum Gasteiger partial charge on any atom is -0.371 e. The molecule has 1 unspecified atom stereocenters. The number of hydrogen-bond acceptors (Lipinski definition) is 2. The highest BCUT2D eigenvalue weighted by Crippen LogP contribution is 2.25. The average Bonchev–Trinajstić information content (AvgIpc) is 2.68. The molecule has 1 aromatic rings. The minimum atomic E-state index is 0.209. The van der Waals surface area contributed by atoms with E-state index < -0.39 is 0 Å². The third-order valence-corrected chi connectivity index (χ3v) is 3.21. The van der Waals surface area contributed by atoms with E-state index in [-0.39, 0.29) is 5.92 Å². The number of anilines is 1. The Morgan fingerprint density at radius 1 is 1.40 bits per heavy atom. The lowest BCUT2D eigenvalue weighted by Gasteiger charge is -2.18. The smallest absolute Gasteiger partial charge is 0.134 e. The summed E-state index contributed by atoms with van der Waals surface area (Å²) < 4.78 is 0. The van der Waals surface area contributed by atoms with Gasteiger partial charge in [-0.1, -0.05) is 11.6 Å². The number of ketones is 1. The van der Waals surface area contributed by atoms with Crippen LogP contribution >= 0.6 is 11.6 Å². The summed E-state index contributed by atoms with van der Waals surface area (Å²) >= 11 is 5.82. The summed E-state index contributed by atoms with van der Waals surface area (Å²) in [6.07, 6.45) is 0.970. The molecule has 1 heterocycles. The molecule has 0 saturated carbocycles. The number of halogens is 1. The van der Waals surface area contributed by atoms with Gasteiger partial charge in [0.15, 0.2) is 0 Å². The summed E-state index contributed by atoms with van der Waals surface area (Å²) in [5.74, 6) is 0.507. The average molecular weight is 224 g/mol. The molecule has 0 radical (unpaired) electrons. The van der Waals surface area contributed by atoms with Crippen molar-refractivity contribution < 1.29 is 4.79 Å². The van der Waals surface area contributed by atoms with Crippen molar-refractivity contribution in [3.05, 3.63) is 29.3 Å². The van der Waals surface area contributed by atoms with Gasteiger partial charge in [-0.3, -0.25) is 4.79 Å². The van der Waals surface area contributed by atoms with Crippen LogP contribution in [0.3, 0.4) is 0 Å². The van der Waals surface area contributed by atoms with Crippen molar-refractivity contribution in [1.82, 2.24) is 0 Å². The van der Waals surface area contributed by atoms with E-state index in [1.807, 2.05) is 24.3 Å². The number of carbonyl (C=O) groups is 1. The van der Waals surface area contributed by atoms with Crippen molar-refractivity contribution in [2.45, 2.75) is 13.3 Å². The van der Waals surface area contributed by atoms with Crippen molar-refractivity contribution in [3.63, 3.8) is 0 Å². The fourth-order valence-electron chi connectivity index (χ4n) is 1.98. The second-order valence-electron chi connectivity index (χ2n) is 4.02. The van der Waals surface area contributed by atoms with Crippen LogP contribution in [0.4, 0.5) is 5.69 Å². The zero-order valence-electron chi connectivity index (χ0n) is 8.74. The van der Waals surface area contributed by atoms with Crippen LogP contribution in [0.2, 0.25) is 5.02 Å². The predicted molar refractivity (Wildman–Crippen MR) is 62.5 cm³/mol. The highest BCUT2D eigenvalue weighted by atomic mass is 35.5. The van der Waals surface area contributed by atoms with E-state index in [4.69, 9.17) is 11.6 Å². The van der Waals surface area contributed by atoms with Gasteiger partial charge in [-0.15, -0.1) is 0 Å². The van der Waals surface area contributed by atoms with Gasteiger partial charge in [0.1, 0.15) is 5.78 Å². The first kappa shape index (κ1) is 10.5. The lowest BCUT2D eigenvalue weighted by atomic mass is 10.1. The predicted octanol–water partition coefficient (Wildman–Crippen LogP) is 2.76.